The number of nitrogens with zero attached hydrogens (tertiary/aromatic N) is 7. The normalized spacial score (nSPS) is 19.6. The molecule has 2 saturated heterocycles. The van der Waals surface area contributed by atoms with Crippen LogP contribution in [0.5, 0.6) is 0 Å². The maximum absolute atomic E-state index is 10.9. The summed E-state index contributed by atoms with van der Waals surface area (Å²) < 4.78 is 0. The minimum absolute atomic E-state index is 0.491. The van der Waals surface area contributed by atoms with E-state index in [1.54, 1.807) is 0 Å². The first-order valence-electron chi connectivity index (χ1n) is 13.5. The number of nitrogens with one attached hydrogen (secondary N) is 2. The van der Waals surface area contributed by atoms with Crippen LogP contribution in [-0.4, -0.2) is 69.3 Å². The summed E-state index contributed by atoms with van der Waals surface area (Å²) in [5.74, 6) is 1.89. The summed E-state index contributed by atoms with van der Waals surface area (Å²) in [4.78, 5) is 27.0. The van der Waals surface area contributed by atoms with Crippen LogP contribution in [0.2, 0.25) is 0 Å². The molecule has 4 aromatic rings. The van der Waals surface area contributed by atoms with Gasteiger partial charge in [0.25, 0.3) is 0 Å². The molecule has 1 unspecified atom stereocenters. The highest BCUT2D eigenvalue weighted by molar-refractivity contribution is 5.55. The maximum atomic E-state index is 10.9. The minimum atomic E-state index is -0.811. The van der Waals surface area contributed by atoms with Gasteiger partial charge in [-0.25, -0.2) is 19.9 Å². The van der Waals surface area contributed by atoms with Gasteiger partial charge in [0.15, 0.2) is 0 Å². The molecule has 2 aromatic heterocycles. The molecule has 2 aromatic carbocycles. The molecule has 0 amide bonds. The summed E-state index contributed by atoms with van der Waals surface area (Å²) in [5.41, 5.74) is 3.32. The number of piperazine rings is 1. The molecule has 2 fully saturated rings. The van der Waals surface area contributed by atoms with Gasteiger partial charge in [-0.2, -0.15) is 4.98 Å². The lowest BCUT2D eigenvalue weighted by Crippen LogP contribution is -2.47. The van der Waals surface area contributed by atoms with Gasteiger partial charge in [-0.3, -0.25) is 0 Å². The predicted octanol–water partition coefficient (Wildman–Crippen LogP) is 2.89. The second kappa shape index (κ2) is 11.3. The molecule has 0 spiro atoms. The van der Waals surface area contributed by atoms with E-state index in [1.165, 1.54) is 11.9 Å². The largest absolute Gasteiger partial charge is 0.384 e. The quantitative estimate of drug-likeness (QED) is 0.334. The van der Waals surface area contributed by atoms with Crippen LogP contribution in [0.1, 0.15) is 29.5 Å². The monoisotopic (exact) mass is 523 g/mol. The predicted molar refractivity (Wildman–Crippen MR) is 151 cm³/mol. The van der Waals surface area contributed by atoms with Crippen molar-refractivity contribution in [2.24, 2.45) is 0 Å². The highest BCUT2D eigenvalue weighted by Gasteiger charge is 2.31. The van der Waals surface area contributed by atoms with Crippen LogP contribution in [0.15, 0.2) is 73.3 Å². The Kier molecular flexibility index (Phi) is 7.29. The average Bonchev–Trinajstić information content (AvgIpc) is 2.99. The van der Waals surface area contributed by atoms with Crippen molar-refractivity contribution >= 4 is 23.5 Å². The van der Waals surface area contributed by atoms with E-state index in [9.17, 15) is 5.11 Å². The standard InChI is InChI=1S/C29H33N9O/c39-29(11-4-12-30-20-29)24-7-9-25(10-8-24)35-26-33-21-34-28(36-26)38-15-13-37(14-16-38)27-31-18-23(19-32-27)17-22-5-2-1-3-6-22/h1-3,5-10,18-19,21,30,39H,4,11-17,20H2,(H,33,34,35,36). The van der Waals surface area contributed by atoms with Gasteiger partial charge in [-0.1, -0.05) is 42.5 Å². The second-order valence-electron chi connectivity index (χ2n) is 10.2. The van der Waals surface area contributed by atoms with Crippen LogP contribution in [-0.2, 0) is 12.0 Å². The fraction of sp³-hybridized carbons (Fsp3) is 0.345. The molecular formula is C29H33N9O. The highest BCUT2D eigenvalue weighted by atomic mass is 16.3. The van der Waals surface area contributed by atoms with E-state index in [4.69, 9.17) is 0 Å². The molecule has 4 heterocycles. The number of β-amino-alcohol motifs (C(OH)–C–C–N with tert-alkyl or cyclic N) is 1. The van der Waals surface area contributed by atoms with E-state index >= 15 is 0 Å². The fourth-order valence-corrected chi connectivity index (χ4v) is 5.17. The van der Waals surface area contributed by atoms with Crippen molar-refractivity contribution in [2.75, 3.05) is 54.4 Å². The molecule has 0 radical (unpaired) electrons. The average molecular weight is 524 g/mol. The molecule has 2 aliphatic heterocycles. The van der Waals surface area contributed by atoms with Crippen LogP contribution in [0.3, 0.4) is 0 Å². The van der Waals surface area contributed by atoms with Gasteiger partial charge >= 0.3 is 0 Å². The van der Waals surface area contributed by atoms with Gasteiger partial charge in [0.1, 0.15) is 11.9 Å². The summed E-state index contributed by atoms with van der Waals surface area (Å²) in [6.07, 6.45) is 7.94. The zero-order chi connectivity index (χ0) is 26.5. The maximum Gasteiger partial charge on any atom is 0.231 e. The Bertz CT molecular complexity index is 1350. The highest BCUT2D eigenvalue weighted by Crippen LogP contribution is 2.29. The lowest BCUT2D eigenvalue weighted by molar-refractivity contribution is 0.0123. The fourth-order valence-electron chi connectivity index (χ4n) is 5.17. The lowest BCUT2D eigenvalue weighted by Gasteiger charge is -2.34. The van der Waals surface area contributed by atoms with Crippen molar-refractivity contribution in [1.29, 1.82) is 0 Å². The SMILES string of the molecule is OC1(c2ccc(Nc3ncnc(N4CCN(c5ncc(Cc6ccccc6)cn5)CC4)n3)cc2)CCCNC1. The summed E-state index contributed by atoms with van der Waals surface area (Å²) in [6.45, 7) is 4.63. The molecule has 10 heteroatoms. The van der Waals surface area contributed by atoms with Crippen molar-refractivity contribution in [1.82, 2.24) is 30.2 Å². The molecule has 2 aliphatic rings. The minimum Gasteiger partial charge on any atom is -0.384 e. The van der Waals surface area contributed by atoms with E-state index < -0.39 is 5.60 Å². The zero-order valence-corrected chi connectivity index (χ0v) is 21.9. The lowest BCUT2D eigenvalue weighted by atomic mass is 9.86. The Balaban J connectivity index is 1.04. The van der Waals surface area contributed by atoms with Crippen LogP contribution in [0, 0.1) is 0 Å². The third-order valence-electron chi connectivity index (χ3n) is 7.39. The molecule has 200 valence electrons. The first kappa shape index (κ1) is 25.1. The number of benzene rings is 2. The molecular weight excluding hydrogens is 490 g/mol. The Morgan fingerprint density at radius 1 is 0.821 bits per heavy atom. The van der Waals surface area contributed by atoms with E-state index in [-0.39, 0.29) is 0 Å². The van der Waals surface area contributed by atoms with Crippen molar-refractivity contribution in [2.45, 2.75) is 24.9 Å². The van der Waals surface area contributed by atoms with E-state index in [0.717, 1.165) is 74.7 Å². The number of aromatic nitrogens is 5. The molecule has 10 nitrogen and oxygen atoms in total. The van der Waals surface area contributed by atoms with E-state index in [0.29, 0.717) is 18.4 Å². The number of anilines is 4. The number of piperidine rings is 1. The molecule has 0 saturated carbocycles. The molecule has 0 aliphatic carbocycles. The topological polar surface area (TPSA) is 115 Å². The first-order valence-corrected chi connectivity index (χ1v) is 13.5. The molecule has 39 heavy (non-hydrogen) atoms. The Hall–Kier alpha value is -4.15. The molecule has 6 rings (SSSR count). The molecule has 3 N–H and O–H groups in total. The summed E-state index contributed by atoms with van der Waals surface area (Å²) in [5, 5.41) is 17.5. The zero-order valence-electron chi connectivity index (χ0n) is 21.9. The Morgan fingerprint density at radius 2 is 1.54 bits per heavy atom. The van der Waals surface area contributed by atoms with Gasteiger partial charge in [0, 0.05) is 57.2 Å². The third kappa shape index (κ3) is 5.97. The van der Waals surface area contributed by atoms with Crippen LogP contribution >= 0.6 is 0 Å². The van der Waals surface area contributed by atoms with Crippen molar-refractivity contribution in [3.05, 3.63) is 90.0 Å². The van der Waals surface area contributed by atoms with Gasteiger partial charge in [0.2, 0.25) is 17.8 Å². The van der Waals surface area contributed by atoms with Gasteiger partial charge in [-0.15, -0.1) is 0 Å². The summed E-state index contributed by atoms with van der Waals surface area (Å²) in [6, 6.07) is 18.2. The third-order valence-corrected chi connectivity index (χ3v) is 7.39. The van der Waals surface area contributed by atoms with E-state index in [1.807, 2.05) is 42.7 Å². The number of hydrogen-bond acceptors (Lipinski definition) is 10. The van der Waals surface area contributed by atoms with Crippen molar-refractivity contribution < 1.29 is 5.11 Å². The first-order chi connectivity index (χ1) is 19.1. The van der Waals surface area contributed by atoms with Gasteiger partial charge in [0.05, 0.1) is 0 Å². The summed E-state index contributed by atoms with van der Waals surface area (Å²) >= 11 is 0. The molecule has 1 atom stereocenters. The van der Waals surface area contributed by atoms with Crippen LogP contribution < -0.4 is 20.4 Å². The van der Waals surface area contributed by atoms with E-state index in [2.05, 4.69) is 69.6 Å². The number of hydrogen-bond donors (Lipinski definition) is 3. The molecule has 0 bridgehead atoms. The van der Waals surface area contributed by atoms with Gasteiger partial charge in [-0.05, 0) is 48.2 Å². The van der Waals surface area contributed by atoms with Crippen molar-refractivity contribution in [3.8, 4) is 0 Å². The Morgan fingerprint density at radius 3 is 2.23 bits per heavy atom. The number of aliphatic hydroxyl groups is 1. The van der Waals surface area contributed by atoms with Crippen LogP contribution in [0.25, 0.3) is 0 Å². The Labute approximate surface area is 228 Å². The summed E-state index contributed by atoms with van der Waals surface area (Å²) in [7, 11) is 0. The van der Waals surface area contributed by atoms with Crippen LogP contribution in [0.4, 0.5) is 23.5 Å². The smallest absolute Gasteiger partial charge is 0.231 e. The van der Waals surface area contributed by atoms with Crippen molar-refractivity contribution in [3.63, 3.8) is 0 Å². The second-order valence-corrected chi connectivity index (χ2v) is 10.2. The number of rotatable bonds is 7. The van der Waals surface area contributed by atoms with Gasteiger partial charge < -0.3 is 25.5 Å².